The third-order valence-electron chi connectivity index (χ3n) is 4.25. The molecule has 0 bridgehead atoms. The van der Waals surface area contributed by atoms with Gasteiger partial charge in [0.25, 0.3) is 0 Å². The predicted octanol–water partition coefficient (Wildman–Crippen LogP) is 2.55. The van der Waals surface area contributed by atoms with Crippen molar-refractivity contribution in [3.05, 3.63) is 0 Å². The van der Waals surface area contributed by atoms with Gasteiger partial charge >= 0.3 is 0 Å². The largest absolute Gasteiger partial charge is 0.313 e. The topological polar surface area (TPSA) is 15.3 Å². The van der Waals surface area contributed by atoms with Gasteiger partial charge in [-0.3, -0.25) is 0 Å². The SMILES string of the molecule is CCN1CCCC(C(C)NCC2CSCCS2)C1. The Morgan fingerprint density at radius 2 is 2.28 bits per heavy atom. The van der Waals surface area contributed by atoms with Crippen LogP contribution in [-0.2, 0) is 0 Å². The Bertz CT molecular complexity index is 232. The van der Waals surface area contributed by atoms with Crippen LogP contribution in [0.25, 0.3) is 0 Å². The van der Waals surface area contributed by atoms with Crippen molar-refractivity contribution in [3.63, 3.8) is 0 Å². The average molecular weight is 289 g/mol. The zero-order chi connectivity index (χ0) is 12.8. The van der Waals surface area contributed by atoms with Gasteiger partial charge in [-0.05, 0) is 38.8 Å². The molecule has 0 aromatic heterocycles. The fourth-order valence-electron chi connectivity index (χ4n) is 2.93. The molecule has 3 atom stereocenters. The van der Waals surface area contributed by atoms with Crippen molar-refractivity contribution >= 4 is 23.5 Å². The molecule has 0 aliphatic carbocycles. The molecule has 0 amide bonds. The number of thioether (sulfide) groups is 2. The van der Waals surface area contributed by atoms with Gasteiger partial charge in [0, 0.05) is 41.6 Å². The fourth-order valence-corrected chi connectivity index (χ4v) is 5.55. The van der Waals surface area contributed by atoms with Crippen LogP contribution in [0.15, 0.2) is 0 Å². The summed E-state index contributed by atoms with van der Waals surface area (Å²) in [4.78, 5) is 2.61. The van der Waals surface area contributed by atoms with Gasteiger partial charge in [0.05, 0.1) is 0 Å². The molecule has 2 fully saturated rings. The van der Waals surface area contributed by atoms with Crippen LogP contribution >= 0.6 is 23.5 Å². The summed E-state index contributed by atoms with van der Waals surface area (Å²) in [6.45, 7) is 9.73. The molecule has 0 saturated carbocycles. The van der Waals surface area contributed by atoms with Gasteiger partial charge in [-0.2, -0.15) is 23.5 Å². The van der Waals surface area contributed by atoms with Gasteiger partial charge in [-0.15, -0.1) is 0 Å². The number of hydrogen-bond acceptors (Lipinski definition) is 4. The van der Waals surface area contributed by atoms with Gasteiger partial charge in [-0.25, -0.2) is 0 Å². The van der Waals surface area contributed by atoms with Gasteiger partial charge in [0.15, 0.2) is 0 Å². The lowest BCUT2D eigenvalue weighted by Crippen LogP contribution is -2.46. The first-order valence-electron chi connectivity index (χ1n) is 7.44. The minimum atomic E-state index is 0.687. The normalized spacial score (nSPS) is 32.3. The smallest absolute Gasteiger partial charge is 0.0263 e. The van der Waals surface area contributed by atoms with E-state index in [0.29, 0.717) is 6.04 Å². The van der Waals surface area contributed by atoms with E-state index in [1.807, 2.05) is 0 Å². The second-order valence-corrected chi connectivity index (χ2v) is 8.12. The van der Waals surface area contributed by atoms with Crippen LogP contribution in [-0.4, -0.2) is 59.6 Å². The molecule has 18 heavy (non-hydrogen) atoms. The first-order valence-corrected chi connectivity index (χ1v) is 9.65. The molecule has 0 spiro atoms. The highest BCUT2D eigenvalue weighted by Gasteiger charge is 2.24. The first-order chi connectivity index (χ1) is 8.79. The highest BCUT2D eigenvalue weighted by Crippen LogP contribution is 2.24. The highest BCUT2D eigenvalue weighted by atomic mass is 32.2. The summed E-state index contributed by atoms with van der Waals surface area (Å²) < 4.78 is 0. The van der Waals surface area contributed by atoms with Crippen molar-refractivity contribution in [2.45, 2.75) is 38.0 Å². The molecule has 4 heteroatoms. The minimum absolute atomic E-state index is 0.687. The molecule has 2 nitrogen and oxygen atoms in total. The predicted molar refractivity (Wildman–Crippen MR) is 85.9 cm³/mol. The molecule has 106 valence electrons. The zero-order valence-electron chi connectivity index (χ0n) is 11.9. The summed E-state index contributed by atoms with van der Waals surface area (Å²) in [5.41, 5.74) is 0. The molecule has 2 saturated heterocycles. The maximum absolute atomic E-state index is 3.81. The summed E-state index contributed by atoms with van der Waals surface area (Å²) >= 11 is 4.29. The van der Waals surface area contributed by atoms with Crippen LogP contribution in [0.5, 0.6) is 0 Å². The van der Waals surface area contributed by atoms with E-state index in [1.54, 1.807) is 0 Å². The average Bonchev–Trinajstić information content (AvgIpc) is 2.46. The lowest BCUT2D eigenvalue weighted by atomic mass is 9.91. The third kappa shape index (κ3) is 4.62. The molecular formula is C14H28N2S2. The first kappa shape index (κ1) is 15.0. The van der Waals surface area contributed by atoms with Crippen molar-refractivity contribution in [3.8, 4) is 0 Å². The second-order valence-electron chi connectivity index (χ2n) is 5.56. The molecule has 2 rings (SSSR count). The monoisotopic (exact) mass is 288 g/mol. The number of nitrogens with zero attached hydrogens (tertiary/aromatic N) is 1. The molecule has 2 aliphatic heterocycles. The Labute approximate surface area is 121 Å². The van der Waals surface area contributed by atoms with Crippen molar-refractivity contribution in [1.82, 2.24) is 10.2 Å². The van der Waals surface area contributed by atoms with Crippen LogP contribution in [0.4, 0.5) is 0 Å². The Balaban J connectivity index is 1.68. The number of likely N-dealkylation sites (tertiary alicyclic amines) is 1. The van der Waals surface area contributed by atoms with Gasteiger partial charge < -0.3 is 10.2 Å². The summed E-state index contributed by atoms with van der Waals surface area (Å²) in [6.07, 6.45) is 2.80. The van der Waals surface area contributed by atoms with E-state index in [9.17, 15) is 0 Å². The summed E-state index contributed by atoms with van der Waals surface area (Å²) in [7, 11) is 0. The van der Waals surface area contributed by atoms with E-state index in [-0.39, 0.29) is 0 Å². The highest BCUT2D eigenvalue weighted by molar-refractivity contribution is 8.06. The minimum Gasteiger partial charge on any atom is -0.313 e. The molecule has 0 aromatic rings. The lowest BCUT2D eigenvalue weighted by Gasteiger charge is -2.36. The lowest BCUT2D eigenvalue weighted by molar-refractivity contribution is 0.157. The Morgan fingerprint density at radius 1 is 1.39 bits per heavy atom. The maximum Gasteiger partial charge on any atom is 0.0263 e. The zero-order valence-corrected chi connectivity index (χ0v) is 13.5. The third-order valence-corrected chi connectivity index (χ3v) is 7.09. The van der Waals surface area contributed by atoms with Crippen molar-refractivity contribution in [2.24, 2.45) is 5.92 Å². The number of rotatable bonds is 5. The Kier molecular flexibility index (Phi) is 6.70. The van der Waals surface area contributed by atoms with Crippen molar-refractivity contribution < 1.29 is 0 Å². The Hall–Kier alpha value is 0.620. The van der Waals surface area contributed by atoms with E-state index in [4.69, 9.17) is 0 Å². The standard InChI is InChI=1S/C14H28N2S2/c1-3-16-6-4-5-13(10-16)12(2)15-9-14-11-17-7-8-18-14/h12-15H,3-11H2,1-2H3. The van der Waals surface area contributed by atoms with Gasteiger partial charge in [-0.1, -0.05) is 6.92 Å². The van der Waals surface area contributed by atoms with E-state index in [0.717, 1.165) is 11.2 Å². The molecule has 0 aromatic carbocycles. The van der Waals surface area contributed by atoms with Gasteiger partial charge in [0.1, 0.15) is 0 Å². The van der Waals surface area contributed by atoms with E-state index in [1.165, 1.54) is 56.3 Å². The van der Waals surface area contributed by atoms with Crippen LogP contribution in [0, 0.1) is 5.92 Å². The molecule has 2 heterocycles. The van der Waals surface area contributed by atoms with Crippen LogP contribution in [0.3, 0.4) is 0 Å². The Morgan fingerprint density at radius 3 is 3.00 bits per heavy atom. The van der Waals surface area contributed by atoms with Crippen molar-refractivity contribution in [2.75, 3.05) is 43.4 Å². The fraction of sp³-hybridized carbons (Fsp3) is 1.00. The summed E-state index contributed by atoms with van der Waals surface area (Å²) in [5.74, 6) is 4.90. The molecule has 0 radical (unpaired) electrons. The molecule has 1 N–H and O–H groups in total. The summed E-state index contributed by atoms with van der Waals surface area (Å²) in [5, 5.41) is 4.65. The van der Waals surface area contributed by atoms with Crippen LogP contribution < -0.4 is 5.32 Å². The van der Waals surface area contributed by atoms with Gasteiger partial charge in [0.2, 0.25) is 0 Å². The van der Waals surface area contributed by atoms with Crippen molar-refractivity contribution in [1.29, 1.82) is 0 Å². The number of nitrogens with one attached hydrogen (secondary N) is 1. The van der Waals surface area contributed by atoms with E-state index >= 15 is 0 Å². The quantitative estimate of drug-likeness (QED) is 0.836. The number of hydrogen-bond donors (Lipinski definition) is 1. The second kappa shape index (κ2) is 8.03. The van der Waals surface area contributed by atoms with E-state index < -0.39 is 0 Å². The molecular weight excluding hydrogens is 260 g/mol. The molecule has 3 unspecified atom stereocenters. The van der Waals surface area contributed by atoms with Crippen LogP contribution in [0.1, 0.15) is 26.7 Å². The maximum atomic E-state index is 3.81. The van der Waals surface area contributed by atoms with Crippen LogP contribution in [0.2, 0.25) is 0 Å². The molecule has 2 aliphatic rings. The van der Waals surface area contributed by atoms with E-state index in [2.05, 4.69) is 47.6 Å². The number of piperidine rings is 1. The summed E-state index contributed by atoms with van der Waals surface area (Å²) in [6, 6.07) is 0.687.